The van der Waals surface area contributed by atoms with E-state index in [1.807, 2.05) is 30.3 Å². The molecule has 3 nitrogen and oxygen atoms in total. The number of hydrogen-bond donors (Lipinski definition) is 3. The first kappa shape index (κ1) is 14.7. The Balaban J connectivity index is 2.50. The third-order valence-corrected chi connectivity index (χ3v) is 3.61. The molecule has 18 heavy (non-hydrogen) atoms. The number of nitrogens with one attached hydrogen (secondary N) is 1. The van der Waals surface area contributed by atoms with Crippen LogP contribution in [0.4, 0.5) is 0 Å². The van der Waals surface area contributed by atoms with Crippen LogP contribution in [0.2, 0.25) is 0 Å². The third kappa shape index (κ3) is 4.85. The first-order valence-corrected chi connectivity index (χ1v) is 6.61. The molecule has 1 aromatic carbocycles. The van der Waals surface area contributed by atoms with Crippen molar-refractivity contribution >= 4 is 11.8 Å². The number of aliphatic hydroxyl groups excluding tert-OH is 1. The van der Waals surface area contributed by atoms with Crippen molar-refractivity contribution in [3.8, 4) is 0 Å². The van der Waals surface area contributed by atoms with E-state index in [9.17, 15) is 5.11 Å². The molecule has 0 aliphatic rings. The number of hydrogen-bond acceptors (Lipinski definition) is 4. The first-order valence-electron chi connectivity index (χ1n) is 5.79. The molecule has 0 fully saturated rings. The Hall–Kier alpha value is -1.39. The van der Waals surface area contributed by atoms with E-state index in [4.69, 9.17) is 5.73 Å². The van der Waals surface area contributed by atoms with Crippen LogP contribution in [0.1, 0.15) is 19.4 Å². The SMILES string of the molecule is C=C(NCc1ccccc1)S/C(=C(\C)N)C(C)O. The highest BCUT2D eigenvalue weighted by molar-refractivity contribution is 8.06. The van der Waals surface area contributed by atoms with Crippen molar-refractivity contribution in [2.45, 2.75) is 26.5 Å². The van der Waals surface area contributed by atoms with Gasteiger partial charge in [-0.1, -0.05) is 48.7 Å². The fraction of sp³-hybridized carbons (Fsp3) is 0.286. The van der Waals surface area contributed by atoms with Crippen LogP contribution >= 0.6 is 11.8 Å². The van der Waals surface area contributed by atoms with Crippen LogP contribution in [0.15, 0.2) is 52.5 Å². The van der Waals surface area contributed by atoms with Crippen LogP contribution in [-0.4, -0.2) is 11.2 Å². The zero-order chi connectivity index (χ0) is 13.5. The summed E-state index contributed by atoms with van der Waals surface area (Å²) < 4.78 is 0. The van der Waals surface area contributed by atoms with Gasteiger partial charge >= 0.3 is 0 Å². The standard InChI is InChI=1S/C14H20N2OS/c1-10(15)14(11(2)17)18-12(3)16-9-13-7-5-4-6-8-13/h4-8,11,16-17H,3,9,15H2,1-2H3/b14-10+. The molecule has 0 saturated carbocycles. The van der Waals surface area contributed by atoms with Gasteiger partial charge in [0.15, 0.2) is 0 Å². The van der Waals surface area contributed by atoms with Crippen LogP contribution in [-0.2, 0) is 6.54 Å². The van der Waals surface area contributed by atoms with Gasteiger partial charge in [0.2, 0.25) is 0 Å². The molecule has 0 aromatic heterocycles. The smallest absolute Gasteiger partial charge is 0.0841 e. The molecule has 0 aliphatic heterocycles. The Kier molecular flexibility index (Phi) is 5.82. The fourth-order valence-corrected chi connectivity index (χ4v) is 2.20. The maximum Gasteiger partial charge on any atom is 0.0841 e. The largest absolute Gasteiger partial charge is 0.402 e. The third-order valence-electron chi connectivity index (χ3n) is 2.33. The van der Waals surface area contributed by atoms with Gasteiger partial charge in [-0.2, -0.15) is 0 Å². The lowest BCUT2D eigenvalue weighted by Crippen LogP contribution is -2.14. The predicted molar refractivity (Wildman–Crippen MR) is 78.6 cm³/mol. The highest BCUT2D eigenvalue weighted by Gasteiger charge is 2.10. The molecule has 1 rings (SSSR count). The quantitative estimate of drug-likeness (QED) is 0.739. The van der Waals surface area contributed by atoms with Gasteiger partial charge in [0.25, 0.3) is 0 Å². The molecule has 1 unspecified atom stereocenters. The Bertz CT molecular complexity index is 423. The number of thioether (sulfide) groups is 1. The molecule has 4 heteroatoms. The Labute approximate surface area is 113 Å². The summed E-state index contributed by atoms with van der Waals surface area (Å²) in [5.41, 5.74) is 7.53. The fourth-order valence-electron chi connectivity index (χ4n) is 1.46. The zero-order valence-electron chi connectivity index (χ0n) is 10.8. The number of nitrogens with two attached hydrogens (primary N) is 1. The van der Waals surface area contributed by atoms with Gasteiger partial charge in [-0.3, -0.25) is 0 Å². The van der Waals surface area contributed by atoms with Gasteiger partial charge in [-0.05, 0) is 19.4 Å². The molecule has 0 saturated heterocycles. The Morgan fingerprint density at radius 2 is 2.06 bits per heavy atom. The molecular weight excluding hydrogens is 244 g/mol. The molecule has 0 radical (unpaired) electrons. The van der Waals surface area contributed by atoms with Crippen LogP contribution < -0.4 is 11.1 Å². The summed E-state index contributed by atoms with van der Waals surface area (Å²) >= 11 is 1.38. The molecule has 98 valence electrons. The molecule has 0 heterocycles. The number of aliphatic hydroxyl groups is 1. The molecular formula is C14H20N2OS. The molecule has 0 amide bonds. The minimum absolute atomic E-state index is 0.574. The predicted octanol–water partition coefficient (Wildman–Crippen LogP) is 2.55. The van der Waals surface area contributed by atoms with Crippen LogP contribution in [0.3, 0.4) is 0 Å². The van der Waals surface area contributed by atoms with Crippen molar-refractivity contribution in [1.29, 1.82) is 0 Å². The molecule has 0 aliphatic carbocycles. The number of allylic oxidation sites excluding steroid dienone is 1. The van der Waals surface area contributed by atoms with Gasteiger partial charge in [-0.25, -0.2) is 0 Å². The van der Waals surface area contributed by atoms with Crippen LogP contribution in [0.25, 0.3) is 0 Å². The van der Waals surface area contributed by atoms with Crippen molar-refractivity contribution in [3.05, 3.63) is 58.1 Å². The molecule has 4 N–H and O–H groups in total. The summed E-state index contributed by atoms with van der Waals surface area (Å²) in [6.07, 6.45) is -0.574. The van der Waals surface area contributed by atoms with Crippen molar-refractivity contribution < 1.29 is 5.11 Å². The van der Waals surface area contributed by atoms with E-state index in [2.05, 4.69) is 11.9 Å². The summed E-state index contributed by atoms with van der Waals surface area (Å²) in [5.74, 6) is 0. The van der Waals surface area contributed by atoms with E-state index in [0.29, 0.717) is 12.2 Å². The Morgan fingerprint density at radius 3 is 2.56 bits per heavy atom. The first-order chi connectivity index (χ1) is 8.50. The molecule has 1 atom stereocenters. The molecule has 0 spiro atoms. The second kappa shape index (κ2) is 7.13. The number of benzene rings is 1. The monoisotopic (exact) mass is 264 g/mol. The highest BCUT2D eigenvalue weighted by atomic mass is 32.2. The van der Waals surface area contributed by atoms with Gasteiger partial charge in [-0.15, -0.1) is 0 Å². The summed E-state index contributed by atoms with van der Waals surface area (Å²) in [5, 5.41) is 13.6. The van der Waals surface area contributed by atoms with Gasteiger partial charge in [0.1, 0.15) is 0 Å². The average molecular weight is 264 g/mol. The van der Waals surface area contributed by atoms with Crippen molar-refractivity contribution in [2.24, 2.45) is 5.73 Å². The summed E-state index contributed by atoms with van der Waals surface area (Å²) in [4.78, 5) is 0.737. The minimum Gasteiger partial charge on any atom is -0.402 e. The van der Waals surface area contributed by atoms with Crippen molar-refractivity contribution in [3.63, 3.8) is 0 Å². The Morgan fingerprint density at radius 1 is 1.44 bits per heavy atom. The lowest BCUT2D eigenvalue weighted by molar-refractivity contribution is 0.239. The molecule has 1 aromatic rings. The zero-order valence-corrected chi connectivity index (χ0v) is 11.6. The van der Waals surface area contributed by atoms with E-state index in [-0.39, 0.29) is 0 Å². The summed E-state index contributed by atoms with van der Waals surface area (Å²) in [6.45, 7) is 8.11. The highest BCUT2D eigenvalue weighted by Crippen LogP contribution is 2.26. The second-order valence-electron chi connectivity index (χ2n) is 4.09. The molecule has 0 bridgehead atoms. The lowest BCUT2D eigenvalue weighted by Gasteiger charge is -2.15. The lowest BCUT2D eigenvalue weighted by atomic mass is 10.2. The minimum atomic E-state index is -0.574. The van der Waals surface area contributed by atoms with Crippen LogP contribution in [0.5, 0.6) is 0 Å². The van der Waals surface area contributed by atoms with Crippen molar-refractivity contribution in [2.75, 3.05) is 0 Å². The van der Waals surface area contributed by atoms with E-state index < -0.39 is 6.10 Å². The summed E-state index contributed by atoms with van der Waals surface area (Å²) in [7, 11) is 0. The number of rotatable bonds is 6. The summed E-state index contributed by atoms with van der Waals surface area (Å²) in [6, 6.07) is 10.1. The second-order valence-corrected chi connectivity index (χ2v) is 5.22. The van der Waals surface area contributed by atoms with Crippen molar-refractivity contribution in [1.82, 2.24) is 5.32 Å². The van der Waals surface area contributed by atoms with E-state index in [0.717, 1.165) is 9.93 Å². The van der Waals surface area contributed by atoms with E-state index in [1.54, 1.807) is 13.8 Å². The van der Waals surface area contributed by atoms with E-state index >= 15 is 0 Å². The van der Waals surface area contributed by atoms with E-state index in [1.165, 1.54) is 17.3 Å². The normalized spacial score (nSPS) is 13.7. The average Bonchev–Trinajstić information content (AvgIpc) is 2.34. The van der Waals surface area contributed by atoms with Gasteiger partial charge < -0.3 is 16.2 Å². The maximum absolute atomic E-state index is 9.59. The van der Waals surface area contributed by atoms with Crippen LogP contribution in [0, 0.1) is 0 Å². The maximum atomic E-state index is 9.59. The van der Waals surface area contributed by atoms with Gasteiger partial charge in [0.05, 0.1) is 11.1 Å². The van der Waals surface area contributed by atoms with Gasteiger partial charge in [0, 0.05) is 17.1 Å². The topological polar surface area (TPSA) is 58.3 Å².